The molecule has 1 aromatic heterocycles. The highest BCUT2D eigenvalue weighted by molar-refractivity contribution is 6.08. The summed E-state index contributed by atoms with van der Waals surface area (Å²) in [5.74, 6) is -0.772. The highest BCUT2D eigenvalue weighted by Crippen LogP contribution is 2.28. The van der Waals surface area contributed by atoms with Crippen molar-refractivity contribution in [2.75, 3.05) is 10.2 Å². The molecule has 0 aliphatic heterocycles. The Bertz CT molecular complexity index is 1280. The molecule has 0 saturated carbocycles. The number of rotatable bonds is 6. The number of anilines is 2. The average Bonchev–Trinajstić information content (AvgIpc) is 3.25. The third-order valence-corrected chi connectivity index (χ3v) is 4.94. The minimum Gasteiger partial charge on any atom is -0.508 e. The van der Waals surface area contributed by atoms with Gasteiger partial charge in [0.05, 0.1) is 12.1 Å². The number of amides is 2. The number of phenols is 2. The molecule has 0 spiro atoms. The third-order valence-electron chi connectivity index (χ3n) is 4.94. The van der Waals surface area contributed by atoms with E-state index in [1.807, 2.05) is 30.3 Å². The number of carbonyl (C=O) groups is 2. The van der Waals surface area contributed by atoms with Gasteiger partial charge in [0, 0.05) is 23.5 Å². The minimum atomic E-state index is -0.439. The van der Waals surface area contributed by atoms with Gasteiger partial charge in [-0.25, -0.2) is 0 Å². The zero-order valence-electron chi connectivity index (χ0n) is 17.7. The van der Waals surface area contributed by atoms with Crippen molar-refractivity contribution in [3.05, 3.63) is 101 Å². The third kappa shape index (κ3) is 5.01. The fourth-order valence-electron chi connectivity index (χ4n) is 3.29. The second kappa shape index (κ2) is 9.27. The van der Waals surface area contributed by atoms with Crippen LogP contribution in [0.3, 0.4) is 0 Å². The number of hydrogen-bond donors (Lipinski definition) is 3. The first-order valence-corrected chi connectivity index (χ1v) is 10.1. The number of benzene rings is 3. The molecule has 3 N–H and O–H groups in total. The van der Waals surface area contributed by atoms with E-state index >= 15 is 0 Å². The maximum Gasteiger partial charge on any atom is 0.277 e. The Morgan fingerprint density at radius 3 is 2.33 bits per heavy atom. The van der Waals surface area contributed by atoms with Crippen molar-refractivity contribution in [2.24, 2.45) is 0 Å². The van der Waals surface area contributed by atoms with Crippen LogP contribution in [0, 0.1) is 6.92 Å². The first-order valence-electron chi connectivity index (χ1n) is 10.1. The van der Waals surface area contributed by atoms with Crippen LogP contribution in [-0.4, -0.2) is 27.2 Å². The summed E-state index contributed by atoms with van der Waals surface area (Å²) in [6.07, 6.45) is 0. The predicted octanol–water partition coefficient (Wildman–Crippen LogP) is 4.49. The lowest BCUT2D eigenvalue weighted by atomic mass is 10.1. The van der Waals surface area contributed by atoms with Gasteiger partial charge in [0.2, 0.25) is 0 Å². The van der Waals surface area contributed by atoms with Gasteiger partial charge in [-0.05, 0) is 48.9 Å². The summed E-state index contributed by atoms with van der Waals surface area (Å²) in [5.41, 5.74) is 2.20. The largest absolute Gasteiger partial charge is 0.508 e. The molecule has 0 bridgehead atoms. The molecule has 8 nitrogen and oxygen atoms in total. The molecule has 33 heavy (non-hydrogen) atoms. The average molecular weight is 443 g/mol. The van der Waals surface area contributed by atoms with Crippen LogP contribution < -0.4 is 10.2 Å². The topological polar surface area (TPSA) is 116 Å². The summed E-state index contributed by atoms with van der Waals surface area (Å²) in [7, 11) is 0. The van der Waals surface area contributed by atoms with Crippen molar-refractivity contribution >= 4 is 23.2 Å². The number of phenolic OH excluding ortho intramolecular Hbond substituents is 2. The van der Waals surface area contributed by atoms with Gasteiger partial charge in [-0.15, -0.1) is 0 Å². The molecular weight excluding hydrogens is 422 g/mol. The van der Waals surface area contributed by atoms with Crippen LogP contribution in [0.4, 0.5) is 11.4 Å². The van der Waals surface area contributed by atoms with Crippen molar-refractivity contribution in [1.29, 1.82) is 0 Å². The van der Waals surface area contributed by atoms with E-state index in [9.17, 15) is 19.8 Å². The minimum absolute atomic E-state index is 0.0579. The van der Waals surface area contributed by atoms with E-state index in [1.54, 1.807) is 31.2 Å². The number of carbonyl (C=O) groups excluding carboxylic acids is 2. The van der Waals surface area contributed by atoms with E-state index in [4.69, 9.17) is 4.52 Å². The lowest BCUT2D eigenvalue weighted by molar-refractivity contribution is 0.0980. The van der Waals surface area contributed by atoms with Crippen molar-refractivity contribution in [1.82, 2.24) is 5.16 Å². The Morgan fingerprint density at radius 2 is 1.70 bits per heavy atom. The van der Waals surface area contributed by atoms with Gasteiger partial charge in [0.1, 0.15) is 17.3 Å². The monoisotopic (exact) mass is 443 g/mol. The number of nitrogens with zero attached hydrogens (tertiary/aromatic N) is 2. The molecule has 0 atom stereocenters. The number of aromatic nitrogens is 1. The van der Waals surface area contributed by atoms with Crippen LogP contribution in [0.25, 0.3) is 0 Å². The van der Waals surface area contributed by atoms with Crippen LogP contribution in [-0.2, 0) is 6.54 Å². The molecule has 0 aliphatic rings. The Labute approximate surface area is 189 Å². The van der Waals surface area contributed by atoms with Crippen LogP contribution in [0.15, 0.2) is 83.4 Å². The molecule has 3 aromatic carbocycles. The summed E-state index contributed by atoms with van der Waals surface area (Å²) >= 11 is 0. The van der Waals surface area contributed by atoms with E-state index < -0.39 is 11.8 Å². The second-order valence-electron chi connectivity index (χ2n) is 7.40. The Hall–Kier alpha value is -4.59. The van der Waals surface area contributed by atoms with Crippen molar-refractivity contribution in [3.8, 4) is 11.5 Å². The molecule has 0 fully saturated rings. The molecular formula is C25H21N3O5. The van der Waals surface area contributed by atoms with Crippen molar-refractivity contribution < 1.29 is 24.3 Å². The Balaban J connectivity index is 1.61. The van der Waals surface area contributed by atoms with Gasteiger partial charge in [-0.1, -0.05) is 35.5 Å². The molecule has 0 saturated heterocycles. The maximum absolute atomic E-state index is 13.3. The van der Waals surface area contributed by atoms with Gasteiger partial charge < -0.3 is 25.0 Å². The van der Waals surface area contributed by atoms with Gasteiger partial charge in [0.15, 0.2) is 5.69 Å². The first kappa shape index (κ1) is 21.6. The highest BCUT2D eigenvalue weighted by Gasteiger charge is 2.22. The molecule has 166 valence electrons. The lowest BCUT2D eigenvalue weighted by Gasteiger charge is -2.24. The van der Waals surface area contributed by atoms with E-state index in [2.05, 4.69) is 10.5 Å². The van der Waals surface area contributed by atoms with Crippen molar-refractivity contribution in [3.63, 3.8) is 0 Å². The summed E-state index contributed by atoms with van der Waals surface area (Å²) in [6, 6.07) is 21.5. The molecule has 0 radical (unpaired) electrons. The maximum atomic E-state index is 13.3. The van der Waals surface area contributed by atoms with E-state index in [-0.39, 0.29) is 29.3 Å². The normalized spacial score (nSPS) is 10.6. The molecule has 0 unspecified atom stereocenters. The predicted molar refractivity (Wildman–Crippen MR) is 122 cm³/mol. The number of aromatic hydroxyl groups is 2. The SMILES string of the molecule is Cc1cc(C(=O)Nc2ccc(N(Cc3ccccc3)C(=O)c3ccc(O)cc3O)cc2)no1. The number of aryl methyl sites for hydroxylation is 1. The van der Waals surface area contributed by atoms with E-state index in [0.29, 0.717) is 17.1 Å². The summed E-state index contributed by atoms with van der Waals surface area (Å²) in [6.45, 7) is 1.95. The summed E-state index contributed by atoms with van der Waals surface area (Å²) in [4.78, 5) is 27.1. The summed E-state index contributed by atoms with van der Waals surface area (Å²) < 4.78 is 4.92. The van der Waals surface area contributed by atoms with Crippen LogP contribution in [0.2, 0.25) is 0 Å². The van der Waals surface area contributed by atoms with Gasteiger partial charge in [-0.3, -0.25) is 9.59 Å². The molecule has 4 aromatic rings. The van der Waals surface area contributed by atoms with E-state index in [1.165, 1.54) is 23.1 Å². The molecule has 8 heteroatoms. The lowest BCUT2D eigenvalue weighted by Crippen LogP contribution is -2.30. The number of hydrogen-bond acceptors (Lipinski definition) is 6. The van der Waals surface area contributed by atoms with Crippen LogP contribution >= 0.6 is 0 Å². The number of nitrogens with one attached hydrogen (secondary N) is 1. The standard InChI is InChI=1S/C25H21N3O5/c1-16-13-22(27-33-16)24(31)26-18-7-9-19(10-8-18)28(15-17-5-3-2-4-6-17)25(32)21-12-11-20(29)14-23(21)30/h2-14,29-30H,15H2,1H3,(H,26,31). The van der Waals surface area contributed by atoms with Gasteiger partial charge in [-0.2, -0.15) is 0 Å². The van der Waals surface area contributed by atoms with Gasteiger partial charge in [0.25, 0.3) is 11.8 Å². The Kier molecular flexibility index (Phi) is 6.08. The second-order valence-corrected chi connectivity index (χ2v) is 7.40. The van der Waals surface area contributed by atoms with Crippen molar-refractivity contribution in [2.45, 2.75) is 13.5 Å². The first-order chi connectivity index (χ1) is 15.9. The molecule has 1 heterocycles. The quantitative estimate of drug-likeness (QED) is 0.404. The Morgan fingerprint density at radius 1 is 0.970 bits per heavy atom. The zero-order valence-corrected chi connectivity index (χ0v) is 17.7. The fourth-order valence-corrected chi connectivity index (χ4v) is 3.29. The van der Waals surface area contributed by atoms with Crippen LogP contribution in [0.1, 0.15) is 32.2 Å². The highest BCUT2D eigenvalue weighted by atomic mass is 16.5. The molecule has 0 aliphatic carbocycles. The molecule has 4 rings (SSSR count). The van der Waals surface area contributed by atoms with E-state index in [0.717, 1.165) is 11.6 Å². The van der Waals surface area contributed by atoms with Gasteiger partial charge >= 0.3 is 0 Å². The van der Waals surface area contributed by atoms with Crippen LogP contribution in [0.5, 0.6) is 11.5 Å². The zero-order chi connectivity index (χ0) is 23.4. The smallest absolute Gasteiger partial charge is 0.277 e. The summed E-state index contributed by atoms with van der Waals surface area (Å²) in [5, 5.41) is 26.2. The fraction of sp³-hybridized carbons (Fsp3) is 0.0800. The molecule has 2 amide bonds.